The Labute approximate surface area is 113 Å². The molecule has 1 aliphatic heterocycles. The standard InChI is InChI=1S/C15H21NO3/c1-11(17)12-7-9-16(10-8-12)14(15(18)19)13-5-3-2-4-6-13/h2-6,11-12,14,17H,7-10H2,1H3,(H,18,19). The first-order chi connectivity index (χ1) is 9.09. The lowest BCUT2D eigenvalue weighted by atomic mass is 9.90. The first-order valence-electron chi connectivity index (χ1n) is 6.79. The number of hydrogen-bond acceptors (Lipinski definition) is 3. The summed E-state index contributed by atoms with van der Waals surface area (Å²) in [4.78, 5) is 13.5. The second-order valence-electron chi connectivity index (χ2n) is 5.27. The van der Waals surface area contributed by atoms with Crippen LogP contribution in [0.25, 0.3) is 0 Å². The van der Waals surface area contributed by atoms with Crippen LogP contribution in [0.2, 0.25) is 0 Å². The summed E-state index contributed by atoms with van der Waals surface area (Å²) in [5.74, 6) is -0.511. The zero-order valence-corrected chi connectivity index (χ0v) is 11.2. The minimum atomic E-state index is -0.804. The van der Waals surface area contributed by atoms with Gasteiger partial charge < -0.3 is 10.2 Å². The van der Waals surface area contributed by atoms with E-state index in [-0.39, 0.29) is 6.10 Å². The summed E-state index contributed by atoms with van der Waals surface area (Å²) >= 11 is 0. The number of aliphatic hydroxyl groups is 1. The molecule has 1 aromatic carbocycles. The van der Waals surface area contributed by atoms with Gasteiger partial charge in [0.1, 0.15) is 6.04 Å². The van der Waals surface area contributed by atoms with Crippen LogP contribution in [0.5, 0.6) is 0 Å². The van der Waals surface area contributed by atoms with Crippen molar-refractivity contribution in [2.24, 2.45) is 5.92 Å². The lowest BCUT2D eigenvalue weighted by Crippen LogP contribution is -2.42. The number of benzene rings is 1. The van der Waals surface area contributed by atoms with Crippen molar-refractivity contribution >= 4 is 5.97 Å². The Morgan fingerprint density at radius 1 is 1.26 bits per heavy atom. The van der Waals surface area contributed by atoms with E-state index in [1.165, 1.54) is 0 Å². The van der Waals surface area contributed by atoms with Gasteiger partial charge in [-0.15, -0.1) is 0 Å². The number of piperidine rings is 1. The van der Waals surface area contributed by atoms with Gasteiger partial charge in [0.15, 0.2) is 0 Å². The summed E-state index contributed by atoms with van der Waals surface area (Å²) in [6, 6.07) is 8.78. The average molecular weight is 263 g/mol. The van der Waals surface area contributed by atoms with Gasteiger partial charge in [-0.1, -0.05) is 30.3 Å². The van der Waals surface area contributed by atoms with Crippen LogP contribution in [0, 0.1) is 5.92 Å². The van der Waals surface area contributed by atoms with Crippen LogP contribution in [-0.4, -0.2) is 40.3 Å². The van der Waals surface area contributed by atoms with Crippen LogP contribution in [0.1, 0.15) is 31.4 Å². The van der Waals surface area contributed by atoms with Crippen LogP contribution < -0.4 is 0 Å². The number of rotatable bonds is 4. The zero-order chi connectivity index (χ0) is 13.8. The van der Waals surface area contributed by atoms with E-state index >= 15 is 0 Å². The first kappa shape index (κ1) is 14.0. The number of nitrogens with zero attached hydrogens (tertiary/aromatic N) is 1. The summed E-state index contributed by atoms with van der Waals surface area (Å²) in [7, 11) is 0. The number of likely N-dealkylation sites (tertiary alicyclic amines) is 1. The minimum absolute atomic E-state index is 0.293. The predicted octanol–water partition coefficient (Wildman–Crippen LogP) is 1.91. The number of carboxylic acid groups (broad SMARTS) is 1. The molecular weight excluding hydrogens is 242 g/mol. The Kier molecular flexibility index (Phi) is 4.56. The van der Waals surface area contributed by atoms with Gasteiger partial charge in [-0.2, -0.15) is 0 Å². The van der Waals surface area contributed by atoms with E-state index in [0.717, 1.165) is 31.5 Å². The molecule has 0 bridgehead atoms. The molecule has 1 saturated heterocycles. The Bertz CT molecular complexity index is 411. The smallest absolute Gasteiger partial charge is 0.325 e. The molecule has 1 aromatic rings. The molecule has 0 amide bonds. The van der Waals surface area contributed by atoms with Crippen molar-refractivity contribution in [3.63, 3.8) is 0 Å². The van der Waals surface area contributed by atoms with Crippen LogP contribution >= 0.6 is 0 Å². The molecule has 1 aliphatic rings. The van der Waals surface area contributed by atoms with E-state index in [1.54, 1.807) is 0 Å². The predicted molar refractivity (Wildman–Crippen MR) is 72.8 cm³/mol. The van der Waals surface area contributed by atoms with Crippen molar-refractivity contribution < 1.29 is 15.0 Å². The highest BCUT2D eigenvalue weighted by molar-refractivity contribution is 5.75. The maximum Gasteiger partial charge on any atom is 0.325 e. The Morgan fingerprint density at radius 3 is 2.32 bits per heavy atom. The molecule has 0 radical (unpaired) electrons. The lowest BCUT2D eigenvalue weighted by Gasteiger charge is -2.36. The van der Waals surface area contributed by atoms with Gasteiger partial charge in [-0.25, -0.2) is 0 Å². The quantitative estimate of drug-likeness (QED) is 0.871. The third-order valence-corrected chi connectivity index (χ3v) is 3.97. The normalized spacial score (nSPS) is 20.9. The summed E-state index contributed by atoms with van der Waals surface area (Å²) < 4.78 is 0. The van der Waals surface area contributed by atoms with Gasteiger partial charge in [-0.3, -0.25) is 9.69 Å². The molecule has 1 heterocycles. The monoisotopic (exact) mass is 263 g/mol. The van der Waals surface area contributed by atoms with Crippen LogP contribution in [-0.2, 0) is 4.79 Å². The maximum atomic E-state index is 11.5. The molecule has 2 unspecified atom stereocenters. The van der Waals surface area contributed by atoms with Gasteiger partial charge in [0.05, 0.1) is 6.10 Å². The molecule has 0 aliphatic carbocycles. The van der Waals surface area contributed by atoms with Gasteiger partial charge in [0, 0.05) is 0 Å². The Balaban J connectivity index is 2.08. The third-order valence-electron chi connectivity index (χ3n) is 3.97. The fourth-order valence-corrected chi connectivity index (χ4v) is 2.80. The van der Waals surface area contributed by atoms with Crippen molar-refractivity contribution in [2.75, 3.05) is 13.1 Å². The highest BCUT2D eigenvalue weighted by atomic mass is 16.4. The summed E-state index contributed by atoms with van der Waals surface area (Å²) in [5.41, 5.74) is 0.825. The zero-order valence-electron chi connectivity index (χ0n) is 11.2. The molecule has 4 nitrogen and oxygen atoms in total. The molecule has 4 heteroatoms. The fraction of sp³-hybridized carbons (Fsp3) is 0.533. The van der Waals surface area contributed by atoms with Gasteiger partial charge in [0.25, 0.3) is 0 Å². The third kappa shape index (κ3) is 3.33. The van der Waals surface area contributed by atoms with E-state index in [4.69, 9.17) is 0 Å². The van der Waals surface area contributed by atoms with Crippen molar-refractivity contribution in [3.05, 3.63) is 35.9 Å². The minimum Gasteiger partial charge on any atom is -0.480 e. The number of hydrogen-bond donors (Lipinski definition) is 2. The highest BCUT2D eigenvalue weighted by Crippen LogP contribution is 2.28. The van der Waals surface area contributed by atoms with Gasteiger partial charge >= 0.3 is 5.97 Å². The van der Waals surface area contributed by atoms with Gasteiger partial charge in [-0.05, 0) is 44.3 Å². The second-order valence-corrected chi connectivity index (χ2v) is 5.27. The number of aliphatic carboxylic acids is 1. The molecule has 2 atom stereocenters. The van der Waals surface area contributed by atoms with Crippen molar-refractivity contribution in [2.45, 2.75) is 31.9 Å². The molecule has 1 fully saturated rings. The van der Waals surface area contributed by atoms with E-state index in [9.17, 15) is 15.0 Å². The lowest BCUT2D eigenvalue weighted by molar-refractivity contribution is -0.144. The van der Waals surface area contributed by atoms with Crippen LogP contribution in [0.4, 0.5) is 0 Å². The summed E-state index contributed by atoms with van der Waals surface area (Å²) in [6.07, 6.45) is 1.41. The number of aliphatic hydroxyl groups excluding tert-OH is 1. The SMILES string of the molecule is CC(O)C1CCN(C(C(=O)O)c2ccccc2)CC1. The first-order valence-corrected chi connectivity index (χ1v) is 6.79. The van der Waals surface area contributed by atoms with E-state index < -0.39 is 12.0 Å². The molecule has 0 spiro atoms. The van der Waals surface area contributed by atoms with Crippen molar-refractivity contribution in [3.8, 4) is 0 Å². The van der Waals surface area contributed by atoms with Crippen LogP contribution in [0.15, 0.2) is 30.3 Å². The van der Waals surface area contributed by atoms with Crippen molar-refractivity contribution in [1.29, 1.82) is 0 Å². The molecule has 19 heavy (non-hydrogen) atoms. The molecule has 2 N–H and O–H groups in total. The van der Waals surface area contributed by atoms with E-state index in [0.29, 0.717) is 5.92 Å². The summed E-state index contributed by atoms with van der Waals surface area (Å²) in [6.45, 7) is 3.26. The Morgan fingerprint density at radius 2 is 1.84 bits per heavy atom. The largest absolute Gasteiger partial charge is 0.480 e. The molecule has 0 aromatic heterocycles. The van der Waals surface area contributed by atoms with E-state index in [2.05, 4.69) is 0 Å². The Hall–Kier alpha value is -1.39. The number of carboxylic acids is 1. The maximum absolute atomic E-state index is 11.5. The molecule has 0 saturated carbocycles. The fourth-order valence-electron chi connectivity index (χ4n) is 2.80. The summed E-state index contributed by atoms with van der Waals surface area (Å²) in [5, 5.41) is 19.1. The molecular formula is C15H21NO3. The topological polar surface area (TPSA) is 60.8 Å². The van der Waals surface area contributed by atoms with E-state index in [1.807, 2.05) is 42.2 Å². The van der Waals surface area contributed by atoms with Gasteiger partial charge in [0.2, 0.25) is 0 Å². The van der Waals surface area contributed by atoms with Crippen molar-refractivity contribution in [1.82, 2.24) is 4.90 Å². The second kappa shape index (κ2) is 6.17. The average Bonchev–Trinajstić information content (AvgIpc) is 2.40. The highest BCUT2D eigenvalue weighted by Gasteiger charge is 2.31. The molecule has 2 rings (SSSR count). The number of carbonyl (C=O) groups is 1. The molecule has 104 valence electrons. The van der Waals surface area contributed by atoms with Crippen LogP contribution in [0.3, 0.4) is 0 Å².